The largest absolute Gasteiger partial charge is 0.274 e. The molecule has 0 bridgehead atoms. The number of nitrogens with zero attached hydrogens (tertiary/aromatic N) is 6. The Hall–Kier alpha value is -2.78. The van der Waals surface area contributed by atoms with Gasteiger partial charge in [0, 0.05) is 25.1 Å². The van der Waals surface area contributed by atoms with Gasteiger partial charge in [-0.2, -0.15) is 5.10 Å². The Labute approximate surface area is 176 Å². The summed E-state index contributed by atoms with van der Waals surface area (Å²) in [5.41, 5.74) is 4.80. The molecule has 7 nitrogen and oxygen atoms in total. The lowest BCUT2D eigenvalue weighted by Crippen LogP contribution is -2.23. The zero-order valence-electron chi connectivity index (χ0n) is 16.6. The molecule has 0 atom stereocenters. The average molecular weight is 425 g/mol. The van der Waals surface area contributed by atoms with Crippen LogP contribution in [0.2, 0.25) is 0 Å². The second-order valence-electron chi connectivity index (χ2n) is 6.67. The lowest BCUT2D eigenvalue weighted by molar-refractivity contribution is -0.115. The maximum absolute atomic E-state index is 12.4. The number of hydrogen-bond donors (Lipinski definition) is 0. The highest BCUT2D eigenvalue weighted by molar-refractivity contribution is 7.98. The highest BCUT2D eigenvalue weighted by atomic mass is 32.2. The first-order chi connectivity index (χ1) is 14.0. The summed E-state index contributed by atoms with van der Waals surface area (Å²) in [4.78, 5) is 27.5. The third kappa shape index (κ3) is 3.75. The number of aromatic nitrogens is 5. The van der Waals surface area contributed by atoms with Gasteiger partial charge in [0.05, 0.1) is 23.0 Å². The van der Waals surface area contributed by atoms with Gasteiger partial charge in [0.1, 0.15) is 11.4 Å². The van der Waals surface area contributed by atoms with E-state index in [0.717, 1.165) is 38.6 Å². The van der Waals surface area contributed by atoms with Crippen molar-refractivity contribution in [3.8, 4) is 0 Å². The summed E-state index contributed by atoms with van der Waals surface area (Å²) in [5, 5.41) is 8.72. The molecule has 0 aliphatic rings. The Bertz CT molecular complexity index is 1200. The van der Waals surface area contributed by atoms with Crippen LogP contribution in [0.25, 0.3) is 11.0 Å². The lowest BCUT2D eigenvalue weighted by Gasteiger charge is -2.21. The minimum Gasteiger partial charge on any atom is -0.274 e. The number of benzene rings is 1. The Balaban J connectivity index is 1.58. The molecule has 0 saturated heterocycles. The number of fused-ring (bicyclic) bond motifs is 1. The molecule has 3 aromatic heterocycles. The van der Waals surface area contributed by atoms with E-state index in [2.05, 4.69) is 15.1 Å². The fourth-order valence-electron chi connectivity index (χ4n) is 3.05. The molecule has 9 heteroatoms. The maximum atomic E-state index is 12.4. The molecule has 0 radical (unpaired) electrons. The van der Waals surface area contributed by atoms with Crippen molar-refractivity contribution in [3.63, 3.8) is 0 Å². The number of carbonyl (C=O) groups is 1. The molecule has 0 aliphatic heterocycles. The predicted molar refractivity (Wildman–Crippen MR) is 117 cm³/mol. The minimum atomic E-state index is -0.0554. The molecular formula is C20H20N6OS2. The van der Waals surface area contributed by atoms with E-state index in [-0.39, 0.29) is 5.91 Å². The smallest absolute Gasteiger partial charge is 0.230 e. The van der Waals surface area contributed by atoms with Gasteiger partial charge in [0.25, 0.3) is 0 Å². The monoisotopic (exact) mass is 424 g/mol. The number of amides is 1. The zero-order chi connectivity index (χ0) is 20.5. The van der Waals surface area contributed by atoms with Crippen LogP contribution in [0, 0.1) is 13.8 Å². The van der Waals surface area contributed by atoms with E-state index in [4.69, 9.17) is 4.98 Å². The van der Waals surface area contributed by atoms with Crippen LogP contribution in [-0.4, -0.2) is 30.6 Å². The molecule has 0 N–H and O–H groups in total. The highest BCUT2D eigenvalue weighted by Gasteiger charge is 2.20. The number of hydrogen-bond acceptors (Lipinski definition) is 7. The number of aryl methyl sites for hydroxylation is 2. The molecule has 29 heavy (non-hydrogen) atoms. The molecular weight excluding hydrogens is 404 g/mol. The summed E-state index contributed by atoms with van der Waals surface area (Å²) < 4.78 is 1.73. The van der Waals surface area contributed by atoms with Gasteiger partial charge in [0.15, 0.2) is 10.8 Å². The number of thioether (sulfide) groups is 1. The standard InChI is InChI=1S/C20H20N6OS2/c1-12-6-5-7-17(13(12)2)26(14(3)27)20-24-15(10-29-20)9-28-19-16-8-23-25(4)18(16)21-11-22-19/h5-8,10-11H,9H2,1-4H3. The second kappa shape index (κ2) is 7.92. The molecule has 4 aromatic rings. The van der Waals surface area contributed by atoms with Crippen LogP contribution in [-0.2, 0) is 17.6 Å². The van der Waals surface area contributed by atoms with E-state index < -0.39 is 0 Å². The van der Waals surface area contributed by atoms with Crippen LogP contribution in [0.5, 0.6) is 0 Å². The lowest BCUT2D eigenvalue weighted by atomic mass is 10.1. The van der Waals surface area contributed by atoms with Gasteiger partial charge in [-0.3, -0.25) is 14.4 Å². The Morgan fingerprint density at radius 3 is 2.90 bits per heavy atom. The highest BCUT2D eigenvalue weighted by Crippen LogP contribution is 2.34. The van der Waals surface area contributed by atoms with Gasteiger partial charge in [-0.15, -0.1) is 11.3 Å². The summed E-state index contributed by atoms with van der Waals surface area (Å²) in [7, 11) is 1.86. The van der Waals surface area contributed by atoms with Crippen molar-refractivity contribution in [2.45, 2.75) is 31.6 Å². The molecule has 0 aliphatic carbocycles. The van der Waals surface area contributed by atoms with Crippen molar-refractivity contribution >= 4 is 50.9 Å². The predicted octanol–water partition coefficient (Wildman–Crippen LogP) is 4.41. The molecule has 4 rings (SSSR count). The minimum absolute atomic E-state index is 0.0554. The van der Waals surface area contributed by atoms with Crippen molar-refractivity contribution in [3.05, 3.63) is 52.9 Å². The van der Waals surface area contributed by atoms with Gasteiger partial charge in [0.2, 0.25) is 5.91 Å². The van der Waals surface area contributed by atoms with Crippen molar-refractivity contribution in [1.29, 1.82) is 0 Å². The molecule has 0 fully saturated rings. The summed E-state index contributed by atoms with van der Waals surface area (Å²) in [6, 6.07) is 5.97. The topological polar surface area (TPSA) is 76.8 Å². The van der Waals surface area contributed by atoms with Crippen molar-refractivity contribution in [1.82, 2.24) is 24.7 Å². The van der Waals surface area contributed by atoms with E-state index in [1.54, 1.807) is 40.8 Å². The van der Waals surface area contributed by atoms with E-state index >= 15 is 0 Å². The molecule has 1 amide bonds. The summed E-state index contributed by atoms with van der Waals surface area (Å²) in [6.45, 7) is 5.64. The third-order valence-electron chi connectivity index (χ3n) is 4.71. The number of thiazole rings is 1. The van der Waals surface area contributed by atoms with Crippen molar-refractivity contribution < 1.29 is 4.79 Å². The summed E-state index contributed by atoms with van der Waals surface area (Å²) >= 11 is 3.06. The normalized spacial score (nSPS) is 11.2. The number of anilines is 2. The second-order valence-corrected chi connectivity index (χ2v) is 8.47. The number of carbonyl (C=O) groups excluding carboxylic acids is 1. The average Bonchev–Trinajstić information content (AvgIpc) is 3.31. The molecule has 0 spiro atoms. The van der Waals surface area contributed by atoms with E-state index in [1.807, 2.05) is 44.5 Å². The zero-order valence-corrected chi connectivity index (χ0v) is 18.2. The van der Waals surface area contributed by atoms with Crippen LogP contribution in [0.1, 0.15) is 23.7 Å². The van der Waals surface area contributed by atoms with Crippen LogP contribution in [0.3, 0.4) is 0 Å². The van der Waals surface area contributed by atoms with Crippen LogP contribution >= 0.6 is 23.1 Å². The first-order valence-corrected chi connectivity index (χ1v) is 10.9. The Kier molecular flexibility index (Phi) is 5.33. The van der Waals surface area contributed by atoms with Gasteiger partial charge in [-0.25, -0.2) is 15.0 Å². The van der Waals surface area contributed by atoms with E-state index in [1.165, 1.54) is 11.3 Å². The first kappa shape index (κ1) is 19.5. The van der Waals surface area contributed by atoms with Crippen molar-refractivity contribution in [2.75, 3.05) is 4.90 Å². The van der Waals surface area contributed by atoms with Gasteiger partial charge < -0.3 is 0 Å². The quantitative estimate of drug-likeness (QED) is 0.349. The van der Waals surface area contributed by atoms with Gasteiger partial charge in [-0.05, 0) is 31.0 Å². The molecule has 148 valence electrons. The Morgan fingerprint density at radius 2 is 2.10 bits per heavy atom. The third-order valence-corrected chi connectivity index (χ3v) is 6.63. The molecule has 0 unspecified atom stereocenters. The summed E-state index contributed by atoms with van der Waals surface area (Å²) in [5.74, 6) is 0.593. The van der Waals surface area contributed by atoms with Crippen molar-refractivity contribution in [2.24, 2.45) is 7.05 Å². The SMILES string of the molecule is CC(=O)N(c1nc(CSc2ncnc3c2cnn3C)cs1)c1cccc(C)c1C. The van der Waals surface area contributed by atoms with E-state index in [9.17, 15) is 4.79 Å². The first-order valence-electron chi connectivity index (χ1n) is 9.02. The van der Waals surface area contributed by atoms with E-state index in [0.29, 0.717) is 10.9 Å². The fraction of sp³-hybridized carbons (Fsp3) is 0.250. The van der Waals surface area contributed by atoms with Gasteiger partial charge in [-0.1, -0.05) is 23.9 Å². The fourth-order valence-corrected chi connectivity index (χ4v) is 4.89. The Morgan fingerprint density at radius 1 is 1.28 bits per heavy atom. The van der Waals surface area contributed by atoms with Crippen LogP contribution < -0.4 is 4.90 Å². The maximum Gasteiger partial charge on any atom is 0.230 e. The van der Waals surface area contributed by atoms with Crippen LogP contribution in [0.15, 0.2) is 41.1 Å². The molecule has 1 aromatic carbocycles. The molecule has 3 heterocycles. The molecule has 0 saturated carbocycles. The number of rotatable bonds is 5. The van der Waals surface area contributed by atoms with Crippen LogP contribution in [0.4, 0.5) is 10.8 Å². The summed E-state index contributed by atoms with van der Waals surface area (Å²) in [6.07, 6.45) is 3.33. The van der Waals surface area contributed by atoms with Gasteiger partial charge >= 0.3 is 0 Å².